The molecule has 0 heterocycles. The summed E-state index contributed by atoms with van der Waals surface area (Å²) in [5.41, 5.74) is 3.18. The largest absolute Gasteiger partial charge is 0.373 e. The number of para-hydroxylation sites is 1. The van der Waals surface area contributed by atoms with E-state index in [9.17, 15) is 9.59 Å². The predicted octanol–water partition coefficient (Wildman–Crippen LogP) is 2.81. The van der Waals surface area contributed by atoms with Gasteiger partial charge in [-0.05, 0) is 24.6 Å². The molecule has 0 radical (unpaired) electrons. The maximum Gasteiger partial charge on any atom is 0.222 e. The van der Waals surface area contributed by atoms with Crippen LogP contribution in [0.4, 0.5) is 5.69 Å². The van der Waals surface area contributed by atoms with Gasteiger partial charge < -0.3 is 15.5 Å². The van der Waals surface area contributed by atoms with E-state index in [4.69, 9.17) is 0 Å². The van der Waals surface area contributed by atoms with Crippen molar-refractivity contribution in [1.29, 1.82) is 0 Å². The molecule has 0 saturated heterocycles. The molecule has 5 nitrogen and oxygen atoms in total. The molecular weight excluding hydrogens is 326 g/mol. The molecule has 2 amide bonds. The fourth-order valence-corrected chi connectivity index (χ4v) is 2.73. The molecule has 0 saturated carbocycles. The highest BCUT2D eigenvalue weighted by molar-refractivity contribution is 5.79. The van der Waals surface area contributed by atoms with Crippen molar-refractivity contribution < 1.29 is 9.59 Å². The molecule has 0 bridgehead atoms. The van der Waals surface area contributed by atoms with Gasteiger partial charge in [0, 0.05) is 32.7 Å². The zero-order valence-corrected chi connectivity index (χ0v) is 15.7. The molecule has 0 fully saturated rings. The van der Waals surface area contributed by atoms with Crippen LogP contribution < -0.4 is 15.5 Å². The van der Waals surface area contributed by atoms with Crippen molar-refractivity contribution in [2.24, 2.45) is 0 Å². The molecule has 5 heteroatoms. The first-order chi connectivity index (χ1) is 12.5. The molecule has 138 valence electrons. The molecule has 0 aliphatic heterocycles. The van der Waals surface area contributed by atoms with Gasteiger partial charge in [-0.3, -0.25) is 9.59 Å². The second kappa shape index (κ2) is 9.61. The Kier molecular flexibility index (Phi) is 7.21. The smallest absolute Gasteiger partial charge is 0.222 e. The van der Waals surface area contributed by atoms with Gasteiger partial charge in [-0.25, -0.2) is 0 Å². The predicted molar refractivity (Wildman–Crippen MR) is 105 cm³/mol. The molecule has 0 aliphatic rings. The third-order valence-corrected chi connectivity index (χ3v) is 4.21. The molecule has 2 aromatic rings. The zero-order valence-electron chi connectivity index (χ0n) is 15.7. The minimum Gasteiger partial charge on any atom is -0.373 e. The van der Waals surface area contributed by atoms with Crippen molar-refractivity contribution in [3.8, 4) is 0 Å². The Labute approximate surface area is 155 Å². The van der Waals surface area contributed by atoms with Crippen molar-refractivity contribution in [3.63, 3.8) is 0 Å². The maximum absolute atomic E-state index is 12.3. The van der Waals surface area contributed by atoms with E-state index in [1.165, 1.54) is 6.92 Å². The fraction of sp³-hybridized carbons (Fsp3) is 0.333. The van der Waals surface area contributed by atoms with Crippen molar-refractivity contribution in [3.05, 3.63) is 65.7 Å². The number of anilines is 1. The molecular formula is C21H27N3O2. The normalized spacial score (nSPS) is 11.5. The lowest BCUT2D eigenvalue weighted by Gasteiger charge is -2.21. The maximum atomic E-state index is 12.3. The first-order valence-electron chi connectivity index (χ1n) is 8.82. The fourth-order valence-electron chi connectivity index (χ4n) is 2.73. The van der Waals surface area contributed by atoms with Crippen LogP contribution in [0.3, 0.4) is 0 Å². The number of likely N-dealkylation sites (N-methyl/N-ethyl adjacent to an activating group) is 1. The molecule has 2 N–H and O–H groups in total. The van der Waals surface area contributed by atoms with Crippen LogP contribution in [0.25, 0.3) is 0 Å². The highest BCUT2D eigenvalue weighted by atomic mass is 16.2. The Bertz CT molecular complexity index is 714. The lowest BCUT2D eigenvalue weighted by Crippen LogP contribution is -2.36. The number of nitrogens with one attached hydrogen (secondary N) is 2. The van der Waals surface area contributed by atoms with E-state index in [1.54, 1.807) is 0 Å². The molecule has 0 aliphatic carbocycles. The van der Waals surface area contributed by atoms with Crippen molar-refractivity contribution >= 4 is 17.5 Å². The minimum absolute atomic E-state index is 0.0780. The molecule has 0 spiro atoms. The molecule has 2 rings (SSSR count). The van der Waals surface area contributed by atoms with E-state index < -0.39 is 0 Å². The first-order valence-corrected chi connectivity index (χ1v) is 8.82. The summed E-state index contributed by atoms with van der Waals surface area (Å²) in [4.78, 5) is 25.9. The number of amides is 2. The van der Waals surface area contributed by atoms with E-state index in [2.05, 4.69) is 15.5 Å². The van der Waals surface area contributed by atoms with Gasteiger partial charge in [-0.1, -0.05) is 48.0 Å². The van der Waals surface area contributed by atoms with Gasteiger partial charge in [0.1, 0.15) is 0 Å². The van der Waals surface area contributed by atoms with Crippen LogP contribution in [0, 0.1) is 6.92 Å². The molecule has 2 aromatic carbocycles. The van der Waals surface area contributed by atoms with Crippen LogP contribution in [0.1, 0.15) is 30.5 Å². The summed E-state index contributed by atoms with van der Waals surface area (Å²) >= 11 is 0. The Morgan fingerprint density at radius 2 is 1.69 bits per heavy atom. The summed E-state index contributed by atoms with van der Waals surface area (Å²) in [6.07, 6.45) is 0.220. The van der Waals surface area contributed by atoms with Crippen LogP contribution in [-0.2, 0) is 9.59 Å². The number of carbonyl (C=O) groups excluding carboxylic acids is 2. The average molecular weight is 353 g/mol. The Morgan fingerprint density at radius 3 is 2.31 bits per heavy atom. The number of aryl methyl sites for hydroxylation is 1. The van der Waals surface area contributed by atoms with Crippen LogP contribution in [0.2, 0.25) is 0 Å². The summed E-state index contributed by atoms with van der Waals surface area (Å²) in [5.74, 6) is -0.224. The van der Waals surface area contributed by atoms with Gasteiger partial charge in [-0.15, -0.1) is 0 Å². The van der Waals surface area contributed by atoms with Gasteiger partial charge in [0.05, 0.1) is 12.5 Å². The van der Waals surface area contributed by atoms with Crippen LogP contribution >= 0.6 is 0 Å². The second-order valence-electron chi connectivity index (χ2n) is 6.47. The summed E-state index contributed by atoms with van der Waals surface area (Å²) in [6.45, 7) is 4.73. The highest BCUT2D eigenvalue weighted by Gasteiger charge is 2.17. The van der Waals surface area contributed by atoms with Crippen molar-refractivity contribution in [2.45, 2.75) is 26.3 Å². The Hall–Kier alpha value is -2.82. The van der Waals surface area contributed by atoms with Gasteiger partial charge in [0.25, 0.3) is 0 Å². The van der Waals surface area contributed by atoms with E-state index in [-0.39, 0.29) is 24.3 Å². The lowest BCUT2D eigenvalue weighted by molar-refractivity contribution is -0.122. The van der Waals surface area contributed by atoms with Crippen LogP contribution in [0.5, 0.6) is 0 Å². The van der Waals surface area contributed by atoms with E-state index >= 15 is 0 Å². The number of hydrogen-bond acceptors (Lipinski definition) is 3. The quantitative estimate of drug-likeness (QED) is 0.767. The topological polar surface area (TPSA) is 61.4 Å². The molecule has 1 unspecified atom stereocenters. The molecule has 0 aromatic heterocycles. The van der Waals surface area contributed by atoms with Gasteiger partial charge >= 0.3 is 0 Å². The SMILES string of the molecule is CC(=O)NC(CC(=O)NCCN(C)c1ccccc1)c1ccc(C)cc1. The van der Waals surface area contributed by atoms with Crippen molar-refractivity contribution in [1.82, 2.24) is 10.6 Å². The third-order valence-electron chi connectivity index (χ3n) is 4.21. The van der Waals surface area contributed by atoms with E-state index in [0.717, 1.165) is 16.8 Å². The number of nitrogens with zero attached hydrogens (tertiary/aromatic N) is 1. The summed E-state index contributed by atoms with van der Waals surface area (Å²) in [7, 11) is 1.99. The number of hydrogen-bond donors (Lipinski definition) is 2. The minimum atomic E-state index is -0.319. The zero-order chi connectivity index (χ0) is 18.9. The molecule has 1 atom stereocenters. The summed E-state index contributed by atoms with van der Waals surface area (Å²) in [5, 5.41) is 5.80. The third kappa shape index (κ3) is 6.24. The van der Waals surface area contributed by atoms with E-state index in [1.807, 2.05) is 68.6 Å². The second-order valence-corrected chi connectivity index (χ2v) is 6.47. The number of carbonyl (C=O) groups is 2. The van der Waals surface area contributed by atoms with E-state index in [0.29, 0.717) is 13.1 Å². The van der Waals surface area contributed by atoms with Crippen LogP contribution in [-0.4, -0.2) is 32.0 Å². The molecule has 26 heavy (non-hydrogen) atoms. The van der Waals surface area contributed by atoms with Gasteiger partial charge in [0.2, 0.25) is 11.8 Å². The lowest BCUT2D eigenvalue weighted by atomic mass is 10.0. The Balaban J connectivity index is 1.86. The number of rotatable bonds is 8. The monoisotopic (exact) mass is 353 g/mol. The van der Waals surface area contributed by atoms with Crippen LogP contribution in [0.15, 0.2) is 54.6 Å². The average Bonchev–Trinajstić information content (AvgIpc) is 2.62. The van der Waals surface area contributed by atoms with Crippen molar-refractivity contribution in [2.75, 3.05) is 25.0 Å². The van der Waals surface area contributed by atoms with Gasteiger partial charge in [0.15, 0.2) is 0 Å². The number of benzene rings is 2. The Morgan fingerprint density at radius 1 is 1.04 bits per heavy atom. The standard InChI is InChI=1S/C21H27N3O2/c1-16-9-11-18(12-10-16)20(23-17(2)25)15-21(26)22-13-14-24(3)19-7-5-4-6-8-19/h4-12,20H,13-15H2,1-3H3,(H,22,26)(H,23,25). The summed E-state index contributed by atoms with van der Waals surface area (Å²) in [6, 6.07) is 17.6. The highest BCUT2D eigenvalue weighted by Crippen LogP contribution is 2.17. The summed E-state index contributed by atoms with van der Waals surface area (Å²) < 4.78 is 0. The first kappa shape index (κ1) is 19.5. The van der Waals surface area contributed by atoms with Gasteiger partial charge in [-0.2, -0.15) is 0 Å².